The Bertz CT molecular complexity index is 1130. The Balaban J connectivity index is 1.54. The average Bonchev–Trinajstić information content (AvgIpc) is 3.10. The second kappa shape index (κ2) is 9.46. The molecular formula is C27H30N4O2. The van der Waals surface area contributed by atoms with Crippen molar-refractivity contribution in [1.29, 1.82) is 0 Å². The van der Waals surface area contributed by atoms with Gasteiger partial charge in [-0.1, -0.05) is 42.5 Å². The van der Waals surface area contributed by atoms with E-state index in [0.29, 0.717) is 18.7 Å². The summed E-state index contributed by atoms with van der Waals surface area (Å²) in [6.07, 6.45) is 1.39. The number of hydrogen-bond acceptors (Lipinski definition) is 4. The normalized spacial score (nSPS) is 15.8. The predicted octanol–water partition coefficient (Wildman–Crippen LogP) is 4.84. The minimum Gasteiger partial charge on any atom is -0.370 e. The Morgan fingerprint density at radius 3 is 2.36 bits per heavy atom. The van der Waals surface area contributed by atoms with Gasteiger partial charge >= 0.3 is 0 Å². The summed E-state index contributed by atoms with van der Waals surface area (Å²) < 4.78 is 0. The van der Waals surface area contributed by atoms with Crippen LogP contribution in [0.3, 0.4) is 0 Å². The Kier molecular flexibility index (Phi) is 6.47. The Hall–Kier alpha value is -3.64. The molecule has 1 atom stereocenters. The van der Waals surface area contributed by atoms with E-state index in [0.717, 1.165) is 28.9 Å². The van der Waals surface area contributed by atoms with Gasteiger partial charge in [0.05, 0.1) is 0 Å². The lowest BCUT2D eigenvalue weighted by molar-refractivity contribution is -0.118. The van der Waals surface area contributed by atoms with E-state index in [2.05, 4.69) is 24.5 Å². The Morgan fingerprint density at radius 2 is 1.73 bits per heavy atom. The van der Waals surface area contributed by atoms with E-state index in [4.69, 9.17) is 5.73 Å². The van der Waals surface area contributed by atoms with Crippen molar-refractivity contribution in [3.63, 3.8) is 0 Å². The second-order valence-corrected chi connectivity index (χ2v) is 8.97. The van der Waals surface area contributed by atoms with Gasteiger partial charge in [-0.15, -0.1) is 0 Å². The molecular weight excluding hydrogens is 412 g/mol. The van der Waals surface area contributed by atoms with E-state index in [1.54, 1.807) is 0 Å². The first-order valence-corrected chi connectivity index (χ1v) is 11.2. The predicted molar refractivity (Wildman–Crippen MR) is 133 cm³/mol. The highest BCUT2D eigenvalue weighted by Gasteiger charge is 2.38. The molecule has 33 heavy (non-hydrogen) atoms. The van der Waals surface area contributed by atoms with Crippen LogP contribution in [0.15, 0.2) is 78.9 Å². The molecule has 6 heteroatoms. The summed E-state index contributed by atoms with van der Waals surface area (Å²) in [6.45, 7) is 4.58. The molecule has 0 unspecified atom stereocenters. The minimum atomic E-state index is -0.585. The maximum absolute atomic E-state index is 13.3. The summed E-state index contributed by atoms with van der Waals surface area (Å²) >= 11 is 0. The zero-order valence-electron chi connectivity index (χ0n) is 19.0. The number of nitrogens with one attached hydrogen (secondary N) is 2. The van der Waals surface area contributed by atoms with E-state index >= 15 is 0 Å². The molecule has 0 radical (unpaired) electrons. The van der Waals surface area contributed by atoms with Crippen molar-refractivity contribution in [3.05, 3.63) is 90.0 Å². The van der Waals surface area contributed by atoms with Crippen LogP contribution >= 0.6 is 0 Å². The van der Waals surface area contributed by atoms with E-state index in [9.17, 15) is 9.59 Å². The summed E-state index contributed by atoms with van der Waals surface area (Å²) in [5, 5.41) is 6.35. The molecule has 170 valence electrons. The molecule has 1 saturated heterocycles. The zero-order valence-corrected chi connectivity index (χ0v) is 19.0. The van der Waals surface area contributed by atoms with Crippen molar-refractivity contribution in [2.45, 2.75) is 44.8 Å². The topological polar surface area (TPSA) is 87.5 Å². The number of benzene rings is 3. The van der Waals surface area contributed by atoms with Crippen molar-refractivity contribution >= 4 is 28.9 Å². The van der Waals surface area contributed by atoms with Crippen molar-refractivity contribution < 1.29 is 9.59 Å². The summed E-state index contributed by atoms with van der Waals surface area (Å²) in [4.78, 5) is 27.5. The van der Waals surface area contributed by atoms with Crippen LogP contribution in [0.4, 0.5) is 17.1 Å². The summed E-state index contributed by atoms with van der Waals surface area (Å²) in [5.74, 6) is -0.0467. The molecule has 0 spiro atoms. The van der Waals surface area contributed by atoms with Gasteiger partial charge in [0.25, 0.3) is 5.91 Å². The van der Waals surface area contributed by atoms with Gasteiger partial charge in [0, 0.05) is 35.6 Å². The van der Waals surface area contributed by atoms with Gasteiger partial charge < -0.3 is 21.3 Å². The molecule has 0 aromatic heterocycles. The van der Waals surface area contributed by atoms with Crippen LogP contribution in [0, 0.1) is 0 Å². The lowest BCUT2D eigenvalue weighted by atomic mass is 10.0. The van der Waals surface area contributed by atoms with E-state index in [-0.39, 0.29) is 17.4 Å². The highest BCUT2D eigenvalue weighted by atomic mass is 16.2. The van der Waals surface area contributed by atoms with E-state index < -0.39 is 6.04 Å². The lowest BCUT2D eigenvalue weighted by Crippen LogP contribution is -2.40. The molecule has 3 aromatic carbocycles. The molecule has 6 nitrogen and oxygen atoms in total. The van der Waals surface area contributed by atoms with Gasteiger partial charge in [-0.2, -0.15) is 0 Å². The second-order valence-electron chi connectivity index (χ2n) is 8.97. The number of carbonyl (C=O) groups is 2. The number of nitrogens with two attached hydrogens (primary N) is 1. The van der Waals surface area contributed by atoms with Crippen LogP contribution in [0.1, 0.15) is 43.9 Å². The van der Waals surface area contributed by atoms with Crippen molar-refractivity contribution in [2.24, 2.45) is 5.73 Å². The summed E-state index contributed by atoms with van der Waals surface area (Å²) in [5.41, 5.74) is 9.75. The lowest BCUT2D eigenvalue weighted by Gasteiger charge is -2.31. The third-order valence-electron chi connectivity index (χ3n) is 6.07. The molecule has 4 N–H and O–H groups in total. The molecule has 1 aliphatic rings. The van der Waals surface area contributed by atoms with Crippen molar-refractivity contribution in [2.75, 3.05) is 15.5 Å². The third kappa shape index (κ3) is 5.07. The number of nitrogens with zero attached hydrogens (tertiary/aromatic N) is 1. The smallest absolute Gasteiger partial charge is 0.251 e. The van der Waals surface area contributed by atoms with Gasteiger partial charge in [-0.05, 0) is 67.8 Å². The fourth-order valence-electron chi connectivity index (χ4n) is 4.28. The Morgan fingerprint density at radius 1 is 1.00 bits per heavy atom. The highest BCUT2D eigenvalue weighted by molar-refractivity contribution is 5.99. The van der Waals surface area contributed by atoms with Crippen LogP contribution in [-0.2, 0) is 16.1 Å². The van der Waals surface area contributed by atoms with Gasteiger partial charge in [0.15, 0.2) is 0 Å². The monoisotopic (exact) mass is 442 g/mol. The number of amides is 2. The van der Waals surface area contributed by atoms with Crippen LogP contribution < -0.4 is 21.3 Å². The SMILES string of the molecule is CC1(C)CCC(=O)N1c1ccc(NC(=O)[C@@H](Nc2cccc(CN)c2)c2ccccc2)cc1. The largest absolute Gasteiger partial charge is 0.370 e. The molecule has 0 saturated carbocycles. The number of carbonyl (C=O) groups excluding carboxylic acids is 2. The minimum absolute atomic E-state index is 0.129. The summed E-state index contributed by atoms with van der Waals surface area (Å²) in [6, 6.07) is 24.2. The number of anilines is 3. The van der Waals surface area contributed by atoms with Crippen LogP contribution in [0.2, 0.25) is 0 Å². The van der Waals surface area contributed by atoms with E-state index in [1.807, 2.05) is 83.8 Å². The third-order valence-corrected chi connectivity index (χ3v) is 6.07. The first-order chi connectivity index (χ1) is 15.9. The molecule has 0 bridgehead atoms. The molecule has 1 aliphatic heterocycles. The summed E-state index contributed by atoms with van der Waals surface area (Å²) in [7, 11) is 0. The van der Waals surface area contributed by atoms with Crippen LogP contribution in [0.5, 0.6) is 0 Å². The fraction of sp³-hybridized carbons (Fsp3) is 0.259. The molecule has 1 heterocycles. The van der Waals surface area contributed by atoms with E-state index in [1.165, 1.54) is 0 Å². The molecule has 2 amide bonds. The molecule has 0 aliphatic carbocycles. The van der Waals surface area contributed by atoms with Gasteiger partial charge in [0.2, 0.25) is 5.91 Å². The average molecular weight is 443 g/mol. The highest BCUT2D eigenvalue weighted by Crippen LogP contribution is 2.35. The molecule has 3 aromatic rings. The quantitative estimate of drug-likeness (QED) is 0.488. The first kappa shape index (κ1) is 22.6. The maximum Gasteiger partial charge on any atom is 0.251 e. The van der Waals surface area contributed by atoms with Gasteiger partial charge in [-0.3, -0.25) is 9.59 Å². The van der Waals surface area contributed by atoms with Crippen LogP contribution in [-0.4, -0.2) is 17.4 Å². The standard InChI is InChI=1S/C27H30N4O2/c1-27(2)16-15-24(32)31(27)23-13-11-21(12-14-23)30-26(33)25(20-8-4-3-5-9-20)29-22-10-6-7-19(17-22)18-28/h3-14,17,25,29H,15-16,18,28H2,1-2H3,(H,30,33)/t25-/m0/s1. The fourth-order valence-corrected chi connectivity index (χ4v) is 4.28. The Labute approximate surface area is 194 Å². The maximum atomic E-state index is 13.3. The number of hydrogen-bond donors (Lipinski definition) is 3. The number of rotatable bonds is 7. The van der Waals surface area contributed by atoms with Gasteiger partial charge in [-0.25, -0.2) is 0 Å². The molecule has 1 fully saturated rings. The van der Waals surface area contributed by atoms with Crippen molar-refractivity contribution in [1.82, 2.24) is 0 Å². The van der Waals surface area contributed by atoms with Gasteiger partial charge in [0.1, 0.15) is 6.04 Å². The van der Waals surface area contributed by atoms with Crippen molar-refractivity contribution in [3.8, 4) is 0 Å². The molecule has 4 rings (SSSR count). The zero-order chi connectivity index (χ0) is 23.4. The first-order valence-electron chi connectivity index (χ1n) is 11.2. The van der Waals surface area contributed by atoms with Crippen LogP contribution in [0.25, 0.3) is 0 Å².